The van der Waals surface area contributed by atoms with Crippen LogP contribution in [0.3, 0.4) is 0 Å². The maximum atomic E-state index is 11.9. The van der Waals surface area contributed by atoms with Crippen LogP contribution in [-0.2, 0) is 4.79 Å². The van der Waals surface area contributed by atoms with Gasteiger partial charge in [-0.25, -0.2) is 5.43 Å². The highest BCUT2D eigenvalue weighted by Crippen LogP contribution is 2.26. The smallest absolute Gasteiger partial charge is 0.243 e. The van der Waals surface area contributed by atoms with Crippen molar-refractivity contribution in [3.05, 3.63) is 0 Å². The lowest BCUT2D eigenvalue weighted by Crippen LogP contribution is -2.29. The molecule has 0 saturated heterocycles. The lowest BCUT2D eigenvalue weighted by atomic mass is 9.89. The van der Waals surface area contributed by atoms with Crippen molar-refractivity contribution in [1.82, 2.24) is 5.43 Å². The number of hydrogen-bond donors (Lipinski definition) is 1. The highest BCUT2D eigenvalue weighted by atomic mass is 16.2. The molecule has 1 unspecified atom stereocenters. The standard InChI is InChI=1S/C14H24N2O/c1-2-11-9-6-10-13(11)15-16-14(17)12-7-4-3-5-8-12/h11-12H,2-10H2,1H3,(H,16,17)/b15-13+. The molecule has 2 saturated carbocycles. The van der Waals surface area contributed by atoms with E-state index in [0.29, 0.717) is 5.92 Å². The largest absolute Gasteiger partial charge is 0.273 e. The first-order chi connectivity index (χ1) is 8.31. The summed E-state index contributed by atoms with van der Waals surface area (Å²) in [6.07, 6.45) is 10.5. The van der Waals surface area contributed by atoms with Gasteiger partial charge in [0.25, 0.3) is 0 Å². The summed E-state index contributed by atoms with van der Waals surface area (Å²) < 4.78 is 0. The number of amides is 1. The van der Waals surface area contributed by atoms with Crippen LogP contribution < -0.4 is 5.43 Å². The zero-order chi connectivity index (χ0) is 12.1. The summed E-state index contributed by atoms with van der Waals surface area (Å²) in [6, 6.07) is 0. The van der Waals surface area contributed by atoms with Crippen molar-refractivity contribution < 1.29 is 4.79 Å². The maximum absolute atomic E-state index is 11.9. The van der Waals surface area contributed by atoms with Crippen LogP contribution in [-0.4, -0.2) is 11.6 Å². The highest BCUT2D eigenvalue weighted by Gasteiger charge is 2.23. The molecule has 17 heavy (non-hydrogen) atoms. The van der Waals surface area contributed by atoms with Gasteiger partial charge in [-0.15, -0.1) is 0 Å². The van der Waals surface area contributed by atoms with Crippen LogP contribution in [0.15, 0.2) is 5.10 Å². The van der Waals surface area contributed by atoms with Gasteiger partial charge < -0.3 is 0 Å². The van der Waals surface area contributed by atoms with Gasteiger partial charge in [-0.1, -0.05) is 26.2 Å². The van der Waals surface area contributed by atoms with Crippen molar-refractivity contribution in [3.63, 3.8) is 0 Å². The van der Waals surface area contributed by atoms with Gasteiger partial charge in [0.15, 0.2) is 0 Å². The Morgan fingerprint density at radius 3 is 2.71 bits per heavy atom. The minimum absolute atomic E-state index is 0.152. The Labute approximate surface area is 104 Å². The van der Waals surface area contributed by atoms with Crippen LogP contribution >= 0.6 is 0 Å². The number of carbonyl (C=O) groups excluding carboxylic acids is 1. The van der Waals surface area contributed by atoms with Crippen molar-refractivity contribution in [2.45, 2.75) is 64.7 Å². The molecule has 2 rings (SSSR count). The van der Waals surface area contributed by atoms with E-state index in [-0.39, 0.29) is 11.8 Å². The average molecular weight is 236 g/mol. The van der Waals surface area contributed by atoms with Gasteiger partial charge in [-0.2, -0.15) is 5.10 Å². The van der Waals surface area contributed by atoms with Crippen LogP contribution in [0.2, 0.25) is 0 Å². The molecule has 3 nitrogen and oxygen atoms in total. The SMILES string of the molecule is CCC1CCC/C1=N\NC(=O)C1CCCCC1. The predicted octanol–water partition coefficient (Wildman–Crippen LogP) is 3.25. The second-order valence-corrected chi connectivity index (χ2v) is 5.41. The average Bonchev–Trinajstić information content (AvgIpc) is 2.84. The Balaban J connectivity index is 1.83. The topological polar surface area (TPSA) is 41.5 Å². The molecule has 0 radical (unpaired) electrons. The first kappa shape index (κ1) is 12.6. The summed E-state index contributed by atoms with van der Waals surface area (Å²) in [7, 11) is 0. The Hall–Kier alpha value is -0.860. The number of rotatable bonds is 3. The van der Waals surface area contributed by atoms with Crippen LogP contribution in [0, 0.1) is 11.8 Å². The van der Waals surface area contributed by atoms with Gasteiger partial charge in [-0.3, -0.25) is 4.79 Å². The Bertz CT molecular complexity index is 293. The third-order valence-corrected chi connectivity index (χ3v) is 4.24. The summed E-state index contributed by atoms with van der Waals surface area (Å²) in [5, 5.41) is 4.37. The third-order valence-electron chi connectivity index (χ3n) is 4.24. The van der Waals surface area contributed by atoms with Crippen LogP contribution in [0.1, 0.15) is 64.7 Å². The second-order valence-electron chi connectivity index (χ2n) is 5.41. The quantitative estimate of drug-likeness (QED) is 0.751. The van der Waals surface area contributed by atoms with E-state index in [1.165, 1.54) is 37.8 Å². The summed E-state index contributed by atoms with van der Waals surface area (Å²) in [5.41, 5.74) is 4.03. The Kier molecular flexibility index (Phi) is 4.57. The molecular formula is C14H24N2O. The number of carbonyl (C=O) groups is 1. The molecule has 0 aliphatic heterocycles. The van der Waals surface area contributed by atoms with Crippen molar-refractivity contribution in [2.75, 3.05) is 0 Å². The van der Waals surface area contributed by atoms with E-state index in [1.54, 1.807) is 0 Å². The molecule has 2 fully saturated rings. The molecule has 96 valence electrons. The first-order valence-electron chi connectivity index (χ1n) is 7.17. The van der Waals surface area contributed by atoms with Crippen molar-refractivity contribution in [2.24, 2.45) is 16.9 Å². The zero-order valence-electron chi connectivity index (χ0n) is 10.9. The summed E-state index contributed by atoms with van der Waals surface area (Å²) >= 11 is 0. The summed E-state index contributed by atoms with van der Waals surface area (Å²) in [4.78, 5) is 11.9. The van der Waals surface area contributed by atoms with Gasteiger partial charge in [0.2, 0.25) is 5.91 Å². The lowest BCUT2D eigenvalue weighted by Gasteiger charge is -2.19. The lowest BCUT2D eigenvalue weighted by molar-refractivity contribution is -0.125. The maximum Gasteiger partial charge on any atom is 0.243 e. The summed E-state index contributed by atoms with van der Waals surface area (Å²) in [6.45, 7) is 2.20. The predicted molar refractivity (Wildman–Crippen MR) is 69.8 cm³/mol. The van der Waals surface area contributed by atoms with E-state index in [2.05, 4.69) is 17.5 Å². The molecule has 0 aromatic heterocycles. The van der Waals surface area contributed by atoms with E-state index < -0.39 is 0 Å². The molecule has 2 aliphatic carbocycles. The molecular weight excluding hydrogens is 212 g/mol. The summed E-state index contributed by atoms with van der Waals surface area (Å²) in [5.74, 6) is 0.982. The molecule has 0 spiro atoms. The fourth-order valence-corrected chi connectivity index (χ4v) is 3.07. The molecule has 0 aromatic carbocycles. The van der Waals surface area contributed by atoms with Crippen molar-refractivity contribution in [3.8, 4) is 0 Å². The molecule has 3 heteroatoms. The van der Waals surface area contributed by atoms with Gasteiger partial charge in [0.05, 0.1) is 0 Å². The fraction of sp³-hybridized carbons (Fsp3) is 0.857. The first-order valence-corrected chi connectivity index (χ1v) is 7.17. The number of hydrogen-bond acceptors (Lipinski definition) is 2. The van der Waals surface area contributed by atoms with Crippen LogP contribution in [0.5, 0.6) is 0 Å². The van der Waals surface area contributed by atoms with Gasteiger partial charge in [0.1, 0.15) is 0 Å². The van der Waals surface area contributed by atoms with Crippen molar-refractivity contribution >= 4 is 11.6 Å². The minimum atomic E-state index is 0.152. The van der Waals surface area contributed by atoms with E-state index in [0.717, 1.165) is 25.7 Å². The molecule has 2 aliphatic rings. The van der Waals surface area contributed by atoms with Gasteiger partial charge in [-0.05, 0) is 44.4 Å². The molecule has 1 atom stereocenters. The molecule has 0 aromatic rings. The van der Waals surface area contributed by atoms with E-state index in [4.69, 9.17) is 0 Å². The number of hydrazone groups is 1. The normalized spacial score (nSPS) is 28.5. The van der Waals surface area contributed by atoms with Crippen LogP contribution in [0.25, 0.3) is 0 Å². The Morgan fingerprint density at radius 2 is 2.00 bits per heavy atom. The van der Waals surface area contributed by atoms with E-state index in [9.17, 15) is 4.79 Å². The second kappa shape index (κ2) is 6.18. The van der Waals surface area contributed by atoms with E-state index >= 15 is 0 Å². The van der Waals surface area contributed by atoms with Gasteiger partial charge in [0, 0.05) is 11.6 Å². The molecule has 1 amide bonds. The molecule has 1 N–H and O–H groups in total. The highest BCUT2D eigenvalue weighted by molar-refractivity contribution is 5.90. The van der Waals surface area contributed by atoms with Crippen molar-refractivity contribution in [1.29, 1.82) is 0 Å². The number of nitrogens with zero attached hydrogens (tertiary/aromatic N) is 1. The molecule has 0 bridgehead atoms. The molecule has 0 heterocycles. The minimum Gasteiger partial charge on any atom is -0.273 e. The third kappa shape index (κ3) is 3.30. The van der Waals surface area contributed by atoms with Crippen LogP contribution in [0.4, 0.5) is 0 Å². The number of nitrogens with one attached hydrogen (secondary N) is 1. The zero-order valence-corrected chi connectivity index (χ0v) is 10.9. The van der Waals surface area contributed by atoms with E-state index in [1.807, 2.05) is 0 Å². The van der Waals surface area contributed by atoms with Gasteiger partial charge >= 0.3 is 0 Å². The fourth-order valence-electron chi connectivity index (χ4n) is 3.07. The monoisotopic (exact) mass is 236 g/mol. The Morgan fingerprint density at radius 1 is 1.24 bits per heavy atom.